The van der Waals surface area contributed by atoms with Gasteiger partial charge in [0.25, 0.3) is 0 Å². The summed E-state index contributed by atoms with van der Waals surface area (Å²) in [5.41, 5.74) is -0.300. The third-order valence-electron chi connectivity index (χ3n) is 5.05. The molecule has 1 aliphatic heterocycles. The van der Waals surface area contributed by atoms with Crippen molar-refractivity contribution in [1.29, 1.82) is 0 Å². The lowest BCUT2D eigenvalue weighted by Crippen LogP contribution is -2.39. The molecule has 6 nitrogen and oxygen atoms in total. The van der Waals surface area contributed by atoms with Crippen molar-refractivity contribution >= 4 is 11.9 Å². The first-order valence-electron chi connectivity index (χ1n) is 9.83. The van der Waals surface area contributed by atoms with E-state index in [0.29, 0.717) is 22.8 Å². The van der Waals surface area contributed by atoms with E-state index in [1.807, 2.05) is 6.08 Å². The Morgan fingerprint density at radius 1 is 1.32 bits per heavy atom. The van der Waals surface area contributed by atoms with Crippen LogP contribution in [-0.4, -0.2) is 43.0 Å². The topological polar surface area (TPSA) is 82.1 Å². The third-order valence-corrected chi connectivity index (χ3v) is 5.05. The molecule has 0 aliphatic carbocycles. The quantitative estimate of drug-likeness (QED) is 0.485. The lowest BCUT2D eigenvalue weighted by atomic mass is 9.93. The molecule has 1 aromatic carbocycles. The van der Waals surface area contributed by atoms with Crippen LogP contribution in [0, 0.1) is 5.92 Å². The summed E-state index contributed by atoms with van der Waals surface area (Å²) in [4.78, 5) is 24.6. The van der Waals surface area contributed by atoms with E-state index in [1.54, 1.807) is 31.4 Å². The second-order valence-corrected chi connectivity index (χ2v) is 7.21. The molecule has 28 heavy (non-hydrogen) atoms. The standard InChI is InChI=1S/C22H30O6/c1-4-6-7-16(5-2)12-18-13-22(14-23,28-21(18)25)15-27-20(24)17-8-10-19(26-3)11-9-17/h8-12,16,23H,4-7,13-15H2,1-3H3/b18-12+. The number of esters is 2. The van der Waals surface area contributed by atoms with E-state index in [2.05, 4.69) is 13.8 Å². The summed E-state index contributed by atoms with van der Waals surface area (Å²) < 4.78 is 15.8. The maximum absolute atomic E-state index is 12.3. The minimum atomic E-state index is -1.21. The Balaban J connectivity index is 2.02. The van der Waals surface area contributed by atoms with Gasteiger partial charge in [0, 0.05) is 12.0 Å². The molecule has 2 rings (SSSR count). The minimum Gasteiger partial charge on any atom is -0.497 e. The normalized spacial score (nSPS) is 21.4. The summed E-state index contributed by atoms with van der Waals surface area (Å²) in [5.74, 6) is -0.0434. The van der Waals surface area contributed by atoms with Crippen molar-refractivity contribution in [2.24, 2.45) is 5.92 Å². The first-order chi connectivity index (χ1) is 13.5. The predicted octanol–water partition coefficient (Wildman–Crippen LogP) is 3.67. The van der Waals surface area contributed by atoms with Gasteiger partial charge in [-0.15, -0.1) is 0 Å². The van der Waals surface area contributed by atoms with Crippen molar-refractivity contribution in [3.8, 4) is 5.75 Å². The molecule has 2 unspecified atom stereocenters. The van der Waals surface area contributed by atoms with E-state index in [4.69, 9.17) is 14.2 Å². The average Bonchev–Trinajstić information content (AvgIpc) is 3.05. The molecule has 0 spiro atoms. The van der Waals surface area contributed by atoms with Crippen molar-refractivity contribution in [2.75, 3.05) is 20.3 Å². The van der Waals surface area contributed by atoms with Gasteiger partial charge in [0.05, 0.1) is 19.3 Å². The first-order valence-corrected chi connectivity index (χ1v) is 9.83. The average molecular weight is 390 g/mol. The molecule has 0 amide bonds. The number of methoxy groups -OCH3 is 1. The zero-order chi connectivity index (χ0) is 20.6. The Morgan fingerprint density at radius 2 is 2.04 bits per heavy atom. The molecular weight excluding hydrogens is 360 g/mol. The maximum atomic E-state index is 12.3. The van der Waals surface area contributed by atoms with Gasteiger partial charge < -0.3 is 19.3 Å². The molecule has 0 aromatic heterocycles. The number of aliphatic hydroxyl groups is 1. The zero-order valence-electron chi connectivity index (χ0n) is 16.9. The number of benzene rings is 1. The molecule has 0 saturated carbocycles. The highest BCUT2D eigenvalue weighted by Gasteiger charge is 2.44. The third kappa shape index (κ3) is 5.58. The smallest absolute Gasteiger partial charge is 0.338 e. The first kappa shape index (κ1) is 22.0. The summed E-state index contributed by atoms with van der Waals surface area (Å²) in [5, 5.41) is 9.82. The van der Waals surface area contributed by atoms with Crippen LogP contribution in [0.25, 0.3) is 0 Å². The van der Waals surface area contributed by atoms with Crippen molar-refractivity contribution in [1.82, 2.24) is 0 Å². The number of allylic oxidation sites excluding steroid dienone is 1. The lowest BCUT2D eigenvalue weighted by molar-refractivity contribution is -0.154. The number of cyclic esters (lactones) is 1. The molecule has 1 heterocycles. The summed E-state index contributed by atoms with van der Waals surface area (Å²) in [6, 6.07) is 6.52. The summed E-state index contributed by atoms with van der Waals surface area (Å²) in [6.45, 7) is 3.63. The van der Waals surface area contributed by atoms with Gasteiger partial charge in [-0.1, -0.05) is 32.8 Å². The number of rotatable bonds is 10. The highest BCUT2D eigenvalue weighted by atomic mass is 16.6. The molecule has 1 aromatic rings. The van der Waals surface area contributed by atoms with Gasteiger partial charge in [0.1, 0.15) is 12.4 Å². The highest BCUT2D eigenvalue weighted by molar-refractivity contribution is 5.92. The zero-order valence-corrected chi connectivity index (χ0v) is 16.9. The SMILES string of the molecule is CCCCC(/C=C1\CC(CO)(COC(=O)c2ccc(OC)cc2)OC1=O)CC. The Bertz CT molecular complexity index is 693. The molecule has 0 radical (unpaired) electrons. The Labute approximate surface area is 166 Å². The van der Waals surface area contributed by atoms with Crippen LogP contribution in [0.2, 0.25) is 0 Å². The summed E-state index contributed by atoms with van der Waals surface area (Å²) >= 11 is 0. The van der Waals surface area contributed by atoms with Crippen LogP contribution in [0.1, 0.15) is 56.3 Å². The van der Waals surface area contributed by atoms with Crippen LogP contribution in [-0.2, 0) is 14.3 Å². The minimum absolute atomic E-state index is 0.191. The number of carbonyl (C=O) groups is 2. The van der Waals surface area contributed by atoms with E-state index in [-0.39, 0.29) is 13.0 Å². The second kappa shape index (κ2) is 10.3. The molecule has 154 valence electrons. The molecular formula is C22H30O6. The van der Waals surface area contributed by atoms with E-state index >= 15 is 0 Å². The lowest BCUT2D eigenvalue weighted by Gasteiger charge is -2.24. The second-order valence-electron chi connectivity index (χ2n) is 7.21. The fraction of sp³-hybridized carbons (Fsp3) is 0.545. The molecule has 1 aliphatic rings. The van der Waals surface area contributed by atoms with Gasteiger partial charge in [-0.3, -0.25) is 0 Å². The number of ether oxygens (including phenoxy) is 3. The monoisotopic (exact) mass is 390 g/mol. The largest absolute Gasteiger partial charge is 0.497 e. The Morgan fingerprint density at radius 3 is 2.61 bits per heavy atom. The van der Waals surface area contributed by atoms with Crippen LogP contribution >= 0.6 is 0 Å². The number of hydrogen-bond acceptors (Lipinski definition) is 6. The summed E-state index contributed by atoms with van der Waals surface area (Å²) in [6.07, 6.45) is 6.35. The molecule has 0 bridgehead atoms. The predicted molar refractivity (Wildman–Crippen MR) is 105 cm³/mol. The van der Waals surface area contributed by atoms with Crippen LogP contribution < -0.4 is 4.74 Å². The van der Waals surface area contributed by atoms with Crippen molar-refractivity contribution in [3.63, 3.8) is 0 Å². The number of unbranched alkanes of at least 4 members (excludes halogenated alkanes) is 1. The van der Waals surface area contributed by atoms with E-state index in [9.17, 15) is 14.7 Å². The number of carbonyl (C=O) groups excluding carboxylic acids is 2. The van der Waals surface area contributed by atoms with E-state index < -0.39 is 24.1 Å². The van der Waals surface area contributed by atoms with Gasteiger partial charge in [0.15, 0.2) is 5.60 Å². The van der Waals surface area contributed by atoms with Crippen molar-refractivity contribution in [2.45, 2.75) is 51.6 Å². The number of aliphatic hydroxyl groups excluding tert-OH is 1. The van der Waals surface area contributed by atoms with E-state index in [0.717, 1.165) is 25.7 Å². The van der Waals surface area contributed by atoms with Crippen molar-refractivity contribution in [3.05, 3.63) is 41.5 Å². The molecule has 2 atom stereocenters. The van der Waals surface area contributed by atoms with Crippen LogP contribution in [0.3, 0.4) is 0 Å². The van der Waals surface area contributed by atoms with Crippen LogP contribution in [0.4, 0.5) is 0 Å². The fourth-order valence-corrected chi connectivity index (χ4v) is 3.22. The fourth-order valence-electron chi connectivity index (χ4n) is 3.22. The Hall–Kier alpha value is -2.34. The van der Waals surface area contributed by atoms with E-state index in [1.165, 1.54) is 0 Å². The van der Waals surface area contributed by atoms with Gasteiger partial charge in [-0.2, -0.15) is 0 Å². The van der Waals surface area contributed by atoms with Crippen LogP contribution in [0.15, 0.2) is 35.9 Å². The highest BCUT2D eigenvalue weighted by Crippen LogP contribution is 2.33. The van der Waals surface area contributed by atoms with Crippen molar-refractivity contribution < 1.29 is 28.9 Å². The maximum Gasteiger partial charge on any atom is 0.338 e. The molecule has 1 saturated heterocycles. The van der Waals surface area contributed by atoms with Gasteiger partial charge in [-0.25, -0.2) is 9.59 Å². The summed E-state index contributed by atoms with van der Waals surface area (Å²) in [7, 11) is 1.54. The van der Waals surface area contributed by atoms with Gasteiger partial charge in [-0.05, 0) is 43.0 Å². The van der Waals surface area contributed by atoms with Gasteiger partial charge >= 0.3 is 11.9 Å². The molecule has 6 heteroatoms. The number of hydrogen-bond donors (Lipinski definition) is 1. The Kier molecular flexibility index (Phi) is 8.05. The van der Waals surface area contributed by atoms with Gasteiger partial charge in [0.2, 0.25) is 0 Å². The molecule has 1 N–H and O–H groups in total. The van der Waals surface area contributed by atoms with Crippen LogP contribution in [0.5, 0.6) is 5.75 Å². The molecule has 1 fully saturated rings.